The van der Waals surface area contributed by atoms with Gasteiger partial charge in [-0.25, -0.2) is 0 Å². The molecule has 1 atom stereocenters. The van der Waals surface area contributed by atoms with Crippen molar-refractivity contribution in [3.8, 4) is 0 Å². The molecule has 3 nitrogen and oxygen atoms in total. The van der Waals surface area contributed by atoms with Crippen LogP contribution in [0.4, 0.5) is 0 Å². The maximum absolute atomic E-state index is 11.4. The number of piperidine rings is 1. The molecular weight excluding hydrogens is 214 g/mol. The lowest BCUT2D eigenvalue weighted by atomic mass is 9.95. The van der Waals surface area contributed by atoms with Gasteiger partial charge in [0.05, 0.1) is 13.5 Å². The molecule has 1 aliphatic rings. The van der Waals surface area contributed by atoms with Crippen LogP contribution in [0.1, 0.15) is 52.4 Å². The molecule has 1 rings (SSSR count). The van der Waals surface area contributed by atoms with E-state index in [0.717, 1.165) is 25.4 Å². The number of methoxy groups -OCH3 is 1. The number of ether oxygens (including phenoxy) is 1. The summed E-state index contributed by atoms with van der Waals surface area (Å²) in [7, 11) is 1.48. The van der Waals surface area contributed by atoms with Crippen molar-refractivity contribution >= 4 is 5.97 Å². The molecule has 1 saturated heterocycles. The van der Waals surface area contributed by atoms with Crippen LogP contribution in [0.5, 0.6) is 0 Å². The van der Waals surface area contributed by atoms with Crippen molar-refractivity contribution in [2.45, 2.75) is 58.4 Å². The van der Waals surface area contributed by atoms with Crippen molar-refractivity contribution in [3.63, 3.8) is 0 Å². The van der Waals surface area contributed by atoms with Crippen LogP contribution in [0.3, 0.4) is 0 Å². The summed E-state index contributed by atoms with van der Waals surface area (Å²) in [6.45, 7) is 6.81. The lowest BCUT2D eigenvalue weighted by Crippen LogP contribution is -2.43. The molecule has 1 fully saturated rings. The molecule has 0 aromatic carbocycles. The molecule has 0 amide bonds. The minimum atomic E-state index is -0.0635. The van der Waals surface area contributed by atoms with E-state index in [2.05, 4.69) is 18.7 Å². The van der Waals surface area contributed by atoms with E-state index in [-0.39, 0.29) is 5.97 Å². The highest BCUT2D eigenvalue weighted by Gasteiger charge is 2.26. The number of carbonyl (C=O) groups excluding carboxylic acids is 1. The minimum Gasteiger partial charge on any atom is -0.469 e. The Hall–Kier alpha value is -0.570. The van der Waals surface area contributed by atoms with Crippen LogP contribution in [-0.2, 0) is 9.53 Å². The molecule has 0 aromatic heterocycles. The van der Waals surface area contributed by atoms with Crippen LogP contribution >= 0.6 is 0 Å². The maximum Gasteiger partial charge on any atom is 0.307 e. The Morgan fingerprint density at radius 1 is 1.35 bits per heavy atom. The topological polar surface area (TPSA) is 29.5 Å². The fourth-order valence-electron chi connectivity index (χ4n) is 2.69. The number of hydrogen-bond donors (Lipinski definition) is 0. The van der Waals surface area contributed by atoms with E-state index in [0.29, 0.717) is 12.5 Å². The second-order valence-electron chi connectivity index (χ2n) is 5.11. The van der Waals surface area contributed by atoms with Gasteiger partial charge in [0.2, 0.25) is 0 Å². The molecule has 0 N–H and O–H groups in total. The lowest BCUT2D eigenvalue weighted by Gasteiger charge is -2.37. The molecule has 0 spiro atoms. The highest BCUT2D eigenvalue weighted by Crippen LogP contribution is 2.22. The van der Waals surface area contributed by atoms with Crippen molar-refractivity contribution in [1.29, 1.82) is 0 Å². The average Bonchev–Trinajstić information content (AvgIpc) is 2.37. The molecule has 3 heteroatoms. The summed E-state index contributed by atoms with van der Waals surface area (Å²) in [6.07, 6.45) is 6.71. The van der Waals surface area contributed by atoms with Gasteiger partial charge in [-0.2, -0.15) is 0 Å². The van der Waals surface area contributed by atoms with E-state index in [1.165, 1.54) is 32.8 Å². The van der Waals surface area contributed by atoms with E-state index in [1.54, 1.807) is 0 Å². The monoisotopic (exact) mass is 241 g/mol. The molecule has 1 unspecified atom stereocenters. The molecule has 0 aromatic rings. The van der Waals surface area contributed by atoms with E-state index in [4.69, 9.17) is 4.74 Å². The summed E-state index contributed by atoms with van der Waals surface area (Å²) < 4.78 is 4.79. The lowest BCUT2D eigenvalue weighted by molar-refractivity contribution is -0.142. The van der Waals surface area contributed by atoms with Crippen LogP contribution in [0.15, 0.2) is 0 Å². The summed E-state index contributed by atoms with van der Waals surface area (Å²) in [5.74, 6) is 0.708. The standard InChI is InChI=1S/C14H27NO2/c1-4-12(5-2)11-15-9-7-6-8-13(15)10-14(16)17-3/h12-13H,4-11H2,1-3H3. The average molecular weight is 241 g/mol. The summed E-state index contributed by atoms with van der Waals surface area (Å²) in [5, 5.41) is 0. The molecule has 1 aliphatic heterocycles. The predicted molar refractivity (Wildman–Crippen MR) is 69.9 cm³/mol. The van der Waals surface area contributed by atoms with Crippen LogP contribution < -0.4 is 0 Å². The molecule has 0 aliphatic carbocycles. The van der Waals surface area contributed by atoms with Gasteiger partial charge in [-0.1, -0.05) is 33.1 Å². The molecule has 0 saturated carbocycles. The largest absolute Gasteiger partial charge is 0.469 e. The number of rotatable bonds is 6. The van der Waals surface area contributed by atoms with Gasteiger partial charge in [-0.15, -0.1) is 0 Å². The van der Waals surface area contributed by atoms with Gasteiger partial charge in [-0.05, 0) is 25.3 Å². The molecule has 0 bridgehead atoms. The number of esters is 1. The molecule has 0 radical (unpaired) electrons. The van der Waals surface area contributed by atoms with Gasteiger partial charge in [-0.3, -0.25) is 9.69 Å². The summed E-state index contributed by atoms with van der Waals surface area (Å²) in [5.41, 5.74) is 0. The van der Waals surface area contributed by atoms with Gasteiger partial charge in [0, 0.05) is 12.6 Å². The Morgan fingerprint density at radius 3 is 2.65 bits per heavy atom. The van der Waals surface area contributed by atoms with Crippen LogP contribution in [0.2, 0.25) is 0 Å². The highest BCUT2D eigenvalue weighted by atomic mass is 16.5. The first-order valence-corrected chi connectivity index (χ1v) is 7.02. The smallest absolute Gasteiger partial charge is 0.307 e. The minimum absolute atomic E-state index is 0.0635. The van der Waals surface area contributed by atoms with Crippen molar-refractivity contribution in [2.24, 2.45) is 5.92 Å². The predicted octanol–water partition coefficient (Wildman–Crippen LogP) is 2.84. The van der Waals surface area contributed by atoms with Crippen LogP contribution in [-0.4, -0.2) is 37.1 Å². The van der Waals surface area contributed by atoms with Gasteiger partial charge in [0.25, 0.3) is 0 Å². The Balaban J connectivity index is 2.49. The zero-order valence-electron chi connectivity index (χ0n) is 11.6. The van der Waals surface area contributed by atoms with Crippen LogP contribution in [0, 0.1) is 5.92 Å². The molecular formula is C14H27NO2. The Kier molecular flexibility index (Phi) is 6.56. The van der Waals surface area contributed by atoms with Crippen molar-refractivity contribution in [2.75, 3.05) is 20.2 Å². The van der Waals surface area contributed by atoms with Crippen LogP contribution in [0.25, 0.3) is 0 Å². The normalized spacial score (nSPS) is 21.8. The molecule has 100 valence electrons. The number of hydrogen-bond acceptors (Lipinski definition) is 3. The van der Waals surface area contributed by atoms with E-state index < -0.39 is 0 Å². The van der Waals surface area contributed by atoms with Gasteiger partial charge in [0.15, 0.2) is 0 Å². The number of nitrogens with zero attached hydrogens (tertiary/aromatic N) is 1. The van der Waals surface area contributed by atoms with E-state index >= 15 is 0 Å². The first kappa shape index (κ1) is 14.5. The van der Waals surface area contributed by atoms with Crippen molar-refractivity contribution < 1.29 is 9.53 Å². The van der Waals surface area contributed by atoms with Gasteiger partial charge in [0.1, 0.15) is 0 Å². The third kappa shape index (κ3) is 4.66. The zero-order valence-corrected chi connectivity index (χ0v) is 11.6. The summed E-state index contributed by atoms with van der Waals surface area (Å²) in [6, 6.07) is 0.414. The third-order valence-electron chi connectivity index (χ3n) is 4.03. The van der Waals surface area contributed by atoms with Crippen molar-refractivity contribution in [1.82, 2.24) is 4.90 Å². The quantitative estimate of drug-likeness (QED) is 0.670. The summed E-state index contributed by atoms with van der Waals surface area (Å²) in [4.78, 5) is 13.9. The first-order chi connectivity index (χ1) is 8.21. The fraction of sp³-hybridized carbons (Fsp3) is 0.929. The van der Waals surface area contributed by atoms with E-state index in [9.17, 15) is 4.79 Å². The Bertz CT molecular complexity index is 226. The Morgan fingerprint density at radius 2 is 2.06 bits per heavy atom. The fourth-order valence-corrected chi connectivity index (χ4v) is 2.69. The summed E-state index contributed by atoms with van der Waals surface area (Å²) >= 11 is 0. The van der Waals surface area contributed by atoms with Crippen molar-refractivity contribution in [3.05, 3.63) is 0 Å². The number of carbonyl (C=O) groups is 1. The number of likely N-dealkylation sites (tertiary alicyclic amines) is 1. The first-order valence-electron chi connectivity index (χ1n) is 7.02. The second kappa shape index (κ2) is 7.70. The molecule has 17 heavy (non-hydrogen) atoms. The maximum atomic E-state index is 11.4. The zero-order chi connectivity index (χ0) is 12.7. The Labute approximate surface area is 106 Å². The van der Waals surface area contributed by atoms with E-state index in [1.807, 2.05) is 0 Å². The third-order valence-corrected chi connectivity index (χ3v) is 4.03. The SMILES string of the molecule is CCC(CC)CN1CCCCC1CC(=O)OC. The van der Waals surface area contributed by atoms with Gasteiger partial charge < -0.3 is 4.74 Å². The highest BCUT2D eigenvalue weighted by molar-refractivity contribution is 5.69. The molecule has 1 heterocycles. The second-order valence-corrected chi connectivity index (χ2v) is 5.11. The van der Waals surface area contributed by atoms with Gasteiger partial charge >= 0.3 is 5.97 Å².